The molecule has 2 aromatic carbocycles. The zero-order chi connectivity index (χ0) is 12.1. The van der Waals surface area contributed by atoms with Gasteiger partial charge >= 0.3 is 0 Å². The van der Waals surface area contributed by atoms with Crippen molar-refractivity contribution in [3.63, 3.8) is 0 Å². The first-order chi connectivity index (χ1) is 8.33. The number of benzene rings is 2. The largest absolute Gasteiger partial charge is 0.497 e. The van der Waals surface area contributed by atoms with Crippen molar-refractivity contribution in [2.45, 2.75) is 6.54 Å². The molecule has 0 amide bonds. The molecule has 0 aromatic heterocycles. The van der Waals surface area contributed by atoms with E-state index in [1.165, 1.54) is 10.9 Å². The van der Waals surface area contributed by atoms with Gasteiger partial charge in [-0.1, -0.05) is 18.2 Å². The predicted molar refractivity (Wildman–Crippen MR) is 68.3 cm³/mol. The average Bonchev–Trinajstić information content (AvgIpc) is 2.38. The lowest BCUT2D eigenvalue weighted by molar-refractivity contribution is -0.107. The molecule has 0 saturated carbocycles. The molecule has 0 radical (unpaired) electrons. The second-order valence-electron chi connectivity index (χ2n) is 3.85. The first-order valence-electron chi connectivity index (χ1n) is 5.54. The number of nitrogens with one attached hydrogen (secondary N) is 1. The molecule has 0 atom stereocenters. The smallest absolute Gasteiger partial charge is 0.133 e. The summed E-state index contributed by atoms with van der Waals surface area (Å²) in [6, 6.07) is 12.2. The summed E-state index contributed by atoms with van der Waals surface area (Å²) < 4.78 is 5.18. The highest BCUT2D eigenvalue weighted by molar-refractivity contribution is 5.84. The molecule has 0 unspecified atom stereocenters. The number of carbonyl (C=O) groups excluding carboxylic acids is 1. The third kappa shape index (κ3) is 2.82. The number of fused-ring (bicyclic) bond motifs is 1. The van der Waals surface area contributed by atoms with E-state index in [-0.39, 0.29) is 0 Å². The molecule has 3 heteroatoms. The van der Waals surface area contributed by atoms with E-state index in [1.807, 2.05) is 18.2 Å². The monoisotopic (exact) mass is 229 g/mol. The number of carbonyl (C=O) groups is 1. The van der Waals surface area contributed by atoms with E-state index >= 15 is 0 Å². The van der Waals surface area contributed by atoms with Crippen molar-refractivity contribution in [3.8, 4) is 5.75 Å². The molecule has 0 heterocycles. The highest BCUT2D eigenvalue weighted by Gasteiger charge is 1.98. The first kappa shape index (κ1) is 11.6. The lowest BCUT2D eigenvalue weighted by atomic mass is 10.1. The molecule has 0 fully saturated rings. The Labute approximate surface area is 100 Å². The van der Waals surface area contributed by atoms with E-state index < -0.39 is 0 Å². The molecule has 1 N–H and O–H groups in total. The van der Waals surface area contributed by atoms with Gasteiger partial charge in [-0.3, -0.25) is 0 Å². The molecule has 0 spiro atoms. The molecule has 88 valence electrons. The Hall–Kier alpha value is -1.87. The van der Waals surface area contributed by atoms with Crippen molar-refractivity contribution in [2.24, 2.45) is 0 Å². The standard InChI is InChI=1S/C14H15NO2/c1-17-14-5-4-12-8-11(10-15-6-7-16)2-3-13(12)9-14/h2-5,7-9,15H,6,10H2,1H3. The second-order valence-corrected chi connectivity index (χ2v) is 3.85. The van der Waals surface area contributed by atoms with Gasteiger partial charge in [-0.2, -0.15) is 0 Å². The van der Waals surface area contributed by atoms with Crippen LogP contribution in [-0.2, 0) is 11.3 Å². The van der Waals surface area contributed by atoms with Gasteiger partial charge < -0.3 is 14.8 Å². The van der Waals surface area contributed by atoms with Gasteiger partial charge in [0.1, 0.15) is 12.0 Å². The zero-order valence-corrected chi connectivity index (χ0v) is 9.77. The third-order valence-electron chi connectivity index (χ3n) is 2.67. The second kappa shape index (κ2) is 5.46. The fourth-order valence-corrected chi connectivity index (χ4v) is 1.79. The summed E-state index contributed by atoms with van der Waals surface area (Å²) in [6.45, 7) is 1.10. The zero-order valence-electron chi connectivity index (χ0n) is 9.77. The molecule has 2 rings (SSSR count). The van der Waals surface area contributed by atoms with Gasteiger partial charge in [-0.15, -0.1) is 0 Å². The lowest BCUT2D eigenvalue weighted by Crippen LogP contribution is -2.15. The summed E-state index contributed by atoms with van der Waals surface area (Å²) in [5.74, 6) is 0.865. The van der Waals surface area contributed by atoms with Crippen LogP contribution in [0.25, 0.3) is 10.8 Å². The van der Waals surface area contributed by atoms with Crippen LogP contribution in [0.3, 0.4) is 0 Å². The van der Waals surface area contributed by atoms with Gasteiger partial charge in [0.15, 0.2) is 0 Å². The van der Waals surface area contributed by atoms with Crippen LogP contribution in [0.1, 0.15) is 5.56 Å². The Morgan fingerprint density at radius 2 is 1.94 bits per heavy atom. The number of ether oxygens (including phenoxy) is 1. The Bertz CT molecular complexity index is 523. The van der Waals surface area contributed by atoms with Crippen LogP contribution in [0.4, 0.5) is 0 Å². The van der Waals surface area contributed by atoms with Gasteiger partial charge in [0, 0.05) is 6.54 Å². The Kier molecular flexibility index (Phi) is 3.73. The molecule has 0 aliphatic rings. The normalized spacial score (nSPS) is 10.4. The fourth-order valence-electron chi connectivity index (χ4n) is 1.79. The first-order valence-corrected chi connectivity index (χ1v) is 5.54. The Balaban J connectivity index is 2.22. The van der Waals surface area contributed by atoms with Crippen molar-refractivity contribution >= 4 is 17.1 Å². The van der Waals surface area contributed by atoms with Gasteiger partial charge in [-0.05, 0) is 34.5 Å². The highest BCUT2D eigenvalue weighted by Crippen LogP contribution is 2.21. The van der Waals surface area contributed by atoms with E-state index in [0.717, 1.165) is 17.4 Å². The molecule has 3 nitrogen and oxygen atoms in total. The van der Waals surface area contributed by atoms with Crippen molar-refractivity contribution in [1.82, 2.24) is 5.32 Å². The predicted octanol–water partition coefficient (Wildman–Crippen LogP) is 2.14. The Morgan fingerprint density at radius 1 is 1.18 bits per heavy atom. The van der Waals surface area contributed by atoms with Crippen molar-refractivity contribution in [3.05, 3.63) is 42.0 Å². The molecule has 0 bridgehead atoms. The minimum absolute atomic E-state index is 0.390. The van der Waals surface area contributed by atoms with Crippen molar-refractivity contribution < 1.29 is 9.53 Å². The topological polar surface area (TPSA) is 38.3 Å². The molecule has 0 aliphatic carbocycles. The van der Waals surface area contributed by atoms with Gasteiger partial charge in [-0.25, -0.2) is 0 Å². The highest BCUT2D eigenvalue weighted by atomic mass is 16.5. The lowest BCUT2D eigenvalue weighted by Gasteiger charge is -2.05. The van der Waals surface area contributed by atoms with Crippen molar-refractivity contribution in [2.75, 3.05) is 13.7 Å². The molecular formula is C14H15NO2. The summed E-state index contributed by atoms with van der Waals surface area (Å²) in [7, 11) is 1.67. The van der Waals surface area contributed by atoms with Crippen LogP contribution in [0.5, 0.6) is 5.75 Å². The van der Waals surface area contributed by atoms with Crippen LogP contribution in [0.2, 0.25) is 0 Å². The van der Waals surface area contributed by atoms with Crippen LogP contribution in [0, 0.1) is 0 Å². The van der Waals surface area contributed by atoms with E-state index in [0.29, 0.717) is 13.1 Å². The number of methoxy groups -OCH3 is 1. The number of hydrogen-bond donors (Lipinski definition) is 1. The fraction of sp³-hybridized carbons (Fsp3) is 0.214. The Morgan fingerprint density at radius 3 is 2.71 bits per heavy atom. The van der Waals surface area contributed by atoms with Crippen molar-refractivity contribution in [1.29, 1.82) is 0 Å². The molecule has 0 saturated heterocycles. The van der Waals surface area contributed by atoms with Crippen LogP contribution in [-0.4, -0.2) is 19.9 Å². The summed E-state index contributed by atoms with van der Waals surface area (Å²) in [5.41, 5.74) is 1.17. The van der Waals surface area contributed by atoms with Gasteiger partial charge in [0.2, 0.25) is 0 Å². The SMILES string of the molecule is COc1ccc2cc(CNCC=O)ccc2c1. The van der Waals surface area contributed by atoms with E-state index in [9.17, 15) is 4.79 Å². The summed E-state index contributed by atoms with van der Waals surface area (Å²) >= 11 is 0. The molecular weight excluding hydrogens is 214 g/mol. The number of rotatable bonds is 5. The minimum atomic E-state index is 0.390. The number of aldehydes is 1. The van der Waals surface area contributed by atoms with E-state index in [4.69, 9.17) is 4.74 Å². The van der Waals surface area contributed by atoms with Crippen LogP contribution >= 0.6 is 0 Å². The van der Waals surface area contributed by atoms with Gasteiger partial charge in [0.05, 0.1) is 13.7 Å². The summed E-state index contributed by atoms with van der Waals surface area (Å²) in [6.07, 6.45) is 0.867. The van der Waals surface area contributed by atoms with Gasteiger partial charge in [0.25, 0.3) is 0 Å². The maximum atomic E-state index is 10.2. The maximum Gasteiger partial charge on any atom is 0.133 e. The molecule has 0 aliphatic heterocycles. The minimum Gasteiger partial charge on any atom is -0.497 e. The quantitative estimate of drug-likeness (QED) is 0.630. The molecule has 2 aromatic rings. The maximum absolute atomic E-state index is 10.2. The van der Waals surface area contributed by atoms with Crippen LogP contribution < -0.4 is 10.1 Å². The summed E-state index contributed by atoms with van der Waals surface area (Å²) in [5, 5.41) is 5.38. The number of hydrogen-bond acceptors (Lipinski definition) is 3. The van der Waals surface area contributed by atoms with E-state index in [1.54, 1.807) is 7.11 Å². The summed E-state index contributed by atoms with van der Waals surface area (Å²) in [4.78, 5) is 10.2. The third-order valence-corrected chi connectivity index (χ3v) is 2.67. The van der Waals surface area contributed by atoms with E-state index in [2.05, 4.69) is 23.5 Å². The average molecular weight is 229 g/mol. The van der Waals surface area contributed by atoms with Crippen LogP contribution in [0.15, 0.2) is 36.4 Å². The molecule has 17 heavy (non-hydrogen) atoms.